The van der Waals surface area contributed by atoms with Crippen molar-refractivity contribution in [1.82, 2.24) is 5.32 Å². The van der Waals surface area contributed by atoms with E-state index in [9.17, 15) is 4.79 Å². The summed E-state index contributed by atoms with van der Waals surface area (Å²) in [6.45, 7) is 5.08. The smallest absolute Gasteiger partial charge is 0.404 e. The van der Waals surface area contributed by atoms with Crippen molar-refractivity contribution in [1.29, 1.82) is 0 Å². The van der Waals surface area contributed by atoms with Gasteiger partial charge in [0.05, 0.1) is 0 Å². The maximum absolute atomic E-state index is 10.4. The quantitative estimate of drug-likeness (QED) is 0.734. The van der Waals surface area contributed by atoms with Crippen LogP contribution in [-0.2, 0) is 0 Å². The van der Waals surface area contributed by atoms with Gasteiger partial charge in [0.25, 0.3) is 0 Å². The summed E-state index contributed by atoms with van der Waals surface area (Å²) in [6, 6.07) is 0. The molecule has 1 amide bonds. The standard InChI is InChI=1S/C11H21NO2/c1-3-9-6-4-5-8(2)10(9)7-12-11(13)14/h8-10,12H,3-7H2,1-2H3,(H,13,14). The molecule has 0 spiro atoms. The van der Waals surface area contributed by atoms with Crippen molar-refractivity contribution < 1.29 is 9.90 Å². The van der Waals surface area contributed by atoms with Gasteiger partial charge in [0.15, 0.2) is 0 Å². The van der Waals surface area contributed by atoms with Gasteiger partial charge >= 0.3 is 6.09 Å². The minimum absolute atomic E-state index is 0.546. The Morgan fingerprint density at radius 3 is 2.79 bits per heavy atom. The fraction of sp³-hybridized carbons (Fsp3) is 0.909. The number of hydrogen-bond donors (Lipinski definition) is 2. The third-order valence-corrected chi connectivity index (χ3v) is 3.58. The highest BCUT2D eigenvalue weighted by Crippen LogP contribution is 2.35. The Balaban J connectivity index is 2.46. The van der Waals surface area contributed by atoms with Gasteiger partial charge in [-0.3, -0.25) is 0 Å². The van der Waals surface area contributed by atoms with Crippen molar-refractivity contribution in [2.24, 2.45) is 17.8 Å². The Labute approximate surface area is 85.9 Å². The Hall–Kier alpha value is -0.730. The first-order chi connectivity index (χ1) is 6.65. The molecule has 1 aliphatic rings. The topological polar surface area (TPSA) is 49.3 Å². The van der Waals surface area contributed by atoms with E-state index in [1.165, 1.54) is 25.7 Å². The molecule has 1 rings (SSSR count). The molecule has 3 nitrogen and oxygen atoms in total. The zero-order valence-corrected chi connectivity index (χ0v) is 9.12. The summed E-state index contributed by atoms with van der Waals surface area (Å²) >= 11 is 0. The Kier molecular flexibility index (Phi) is 4.23. The fourth-order valence-corrected chi connectivity index (χ4v) is 2.67. The summed E-state index contributed by atoms with van der Waals surface area (Å²) in [6.07, 6.45) is 4.12. The SMILES string of the molecule is CCC1CCCC(C)C1CNC(=O)O. The van der Waals surface area contributed by atoms with Gasteiger partial charge in [-0.1, -0.05) is 39.5 Å². The molecule has 0 saturated heterocycles. The lowest BCUT2D eigenvalue weighted by Gasteiger charge is -2.36. The molecule has 3 unspecified atom stereocenters. The molecule has 1 aliphatic carbocycles. The van der Waals surface area contributed by atoms with Gasteiger partial charge in [-0.05, 0) is 17.8 Å². The van der Waals surface area contributed by atoms with Crippen LogP contribution in [-0.4, -0.2) is 17.7 Å². The van der Waals surface area contributed by atoms with Crippen LogP contribution in [0.4, 0.5) is 4.79 Å². The average Bonchev–Trinajstić information content (AvgIpc) is 2.15. The van der Waals surface area contributed by atoms with Crippen LogP contribution in [0.5, 0.6) is 0 Å². The first kappa shape index (κ1) is 11.3. The lowest BCUT2D eigenvalue weighted by Crippen LogP contribution is -2.37. The lowest BCUT2D eigenvalue weighted by atomic mass is 9.72. The first-order valence-electron chi connectivity index (χ1n) is 5.62. The minimum atomic E-state index is -0.891. The van der Waals surface area contributed by atoms with Crippen molar-refractivity contribution in [3.8, 4) is 0 Å². The number of carbonyl (C=O) groups is 1. The lowest BCUT2D eigenvalue weighted by molar-refractivity contribution is 0.148. The van der Waals surface area contributed by atoms with E-state index in [-0.39, 0.29) is 0 Å². The molecule has 1 fully saturated rings. The van der Waals surface area contributed by atoms with Gasteiger partial charge in [-0.2, -0.15) is 0 Å². The van der Waals surface area contributed by atoms with Crippen LogP contribution < -0.4 is 5.32 Å². The molecular formula is C11H21NO2. The fourth-order valence-electron chi connectivity index (χ4n) is 2.67. The van der Waals surface area contributed by atoms with E-state index in [2.05, 4.69) is 19.2 Å². The highest BCUT2D eigenvalue weighted by molar-refractivity contribution is 5.64. The predicted molar refractivity (Wildman–Crippen MR) is 56.3 cm³/mol. The maximum Gasteiger partial charge on any atom is 0.404 e. The summed E-state index contributed by atoms with van der Waals surface area (Å²) < 4.78 is 0. The largest absolute Gasteiger partial charge is 0.465 e. The second-order valence-corrected chi connectivity index (χ2v) is 4.43. The van der Waals surface area contributed by atoms with E-state index in [0.29, 0.717) is 24.3 Å². The molecule has 3 atom stereocenters. The zero-order valence-electron chi connectivity index (χ0n) is 9.12. The average molecular weight is 199 g/mol. The highest BCUT2D eigenvalue weighted by atomic mass is 16.4. The Morgan fingerprint density at radius 1 is 1.50 bits per heavy atom. The van der Waals surface area contributed by atoms with Crippen LogP contribution in [0, 0.1) is 17.8 Å². The summed E-state index contributed by atoms with van der Waals surface area (Å²) in [5, 5.41) is 11.1. The van der Waals surface area contributed by atoms with E-state index in [0.717, 1.165) is 0 Å². The second kappa shape index (κ2) is 5.23. The second-order valence-electron chi connectivity index (χ2n) is 4.43. The number of nitrogens with one attached hydrogen (secondary N) is 1. The van der Waals surface area contributed by atoms with Crippen LogP contribution >= 0.6 is 0 Å². The van der Waals surface area contributed by atoms with Crippen LogP contribution in [0.15, 0.2) is 0 Å². The van der Waals surface area contributed by atoms with Gasteiger partial charge in [-0.15, -0.1) is 0 Å². The Bertz CT molecular complexity index is 194. The summed E-state index contributed by atoms with van der Waals surface area (Å²) in [5.74, 6) is 1.93. The van der Waals surface area contributed by atoms with Crippen molar-refractivity contribution >= 4 is 6.09 Å². The van der Waals surface area contributed by atoms with Crippen LogP contribution in [0.3, 0.4) is 0 Å². The molecule has 1 saturated carbocycles. The van der Waals surface area contributed by atoms with Crippen molar-refractivity contribution in [3.05, 3.63) is 0 Å². The highest BCUT2D eigenvalue weighted by Gasteiger charge is 2.29. The van der Waals surface area contributed by atoms with E-state index >= 15 is 0 Å². The van der Waals surface area contributed by atoms with Gasteiger partial charge in [0.1, 0.15) is 0 Å². The summed E-state index contributed by atoms with van der Waals surface area (Å²) in [4.78, 5) is 10.4. The van der Waals surface area contributed by atoms with Gasteiger partial charge in [0.2, 0.25) is 0 Å². The van der Waals surface area contributed by atoms with E-state index < -0.39 is 6.09 Å². The molecular weight excluding hydrogens is 178 g/mol. The van der Waals surface area contributed by atoms with Gasteiger partial charge in [-0.25, -0.2) is 4.79 Å². The van der Waals surface area contributed by atoms with Gasteiger partial charge < -0.3 is 10.4 Å². The molecule has 0 aromatic rings. The van der Waals surface area contributed by atoms with E-state index in [1.807, 2.05) is 0 Å². The summed E-state index contributed by atoms with van der Waals surface area (Å²) in [7, 11) is 0. The molecule has 0 aromatic carbocycles. The van der Waals surface area contributed by atoms with E-state index in [4.69, 9.17) is 5.11 Å². The maximum atomic E-state index is 10.4. The predicted octanol–water partition coefficient (Wildman–Crippen LogP) is 2.72. The van der Waals surface area contributed by atoms with Crippen molar-refractivity contribution in [2.75, 3.05) is 6.54 Å². The number of carboxylic acid groups (broad SMARTS) is 1. The Morgan fingerprint density at radius 2 is 2.21 bits per heavy atom. The normalized spacial score (nSPS) is 32.6. The van der Waals surface area contributed by atoms with Crippen LogP contribution in [0.25, 0.3) is 0 Å². The minimum Gasteiger partial charge on any atom is -0.465 e. The molecule has 0 bridgehead atoms. The monoisotopic (exact) mass is 199 g/mol. The molecule has 0 aliphatic heterocycles. The van der Waals surface area contributed by atoms with E-state index in [1.54, 1.807) is 0 Å². The number of amides is 1. The number of hydrogen-bond acceptors (Lipinski definition) is 1. The van der Waals surface area contributed by atoms with Crippen LogP contribution in [0.2, 0.25) is 0 Å². The molecule has 14 heavy (non-hydrogen) atoms. The summed E-state index contributed by atoms with van der Waals surface area (Å²) in [5.41, 5.74) is 0. The van der Waals surface area contributed by atoms with Crippen molar-refractivity contribution in [2.45, 2.75) is 39.5 Å². The molecule has 0 heterocycles. The molecule has 82 valence electrons. The molecule has 0 aromatic heterocycles. The van der Waals surface area contributed by atoms with Crippen molar-refractivity contribution in [3.63, 3.8) is 0 Å². The third-order valence-electron chi connectivity index (χ3n) is 3.58. The first-order valence-corrected chi connectivity index (χ1v) is 5.62. The molecule has 0 radical (unpaired) electrons. The zero-order chi connectivity index (χ0) is 10.6. The number of rotatable bonds is 3. The molecule has 2 N–H and O–H groups in total. The third kappa shape index (κ3) is 2.89. The molecule has 3 heteroatoms. The van der Waals surface area contributed by atoms with Gasteiger partial charge in [0, 0.05) is 6.54 Å². The van der Waals surface area contributed by atoms with Crippen LogP contribution in [0.1, 0.15) is 39.5 Å².